The molecule has 0 unspecified atom stereocenters. The molecule has 0 aliphatic heterocycles. The highest BCUT2D eigenvalue weighted by Gasteiger charge is 2.57. The Morgan fingerprint density at radius 2 is 1.68 bits per heavy atom. The van der Waals surface area contributed by atoms with E-state index >= 15 is 0 Å². The zero-order valence-corrected chi connectivity index (χ0v) is 32.1. The summed E-state index contributed by atoms with van der Waals surface area (Å²) in [5.74, 6) is 1.11. The van der Waals surface area contributed by atoms with Crippen LogP contribution in [-0.2, 0) is 12.8 Å². The van der Waals surface area contributed by atoms with Crippen molar-refractivity contribution < 1.29 is 29.3 Å². The highest BCUT2D eigenvalue weighted by Crippen LogP contribution is 2.59. The molecule has 4 atom stereocenters. The topological polar surface area (TPSA) is 108 Å². The maximum atomic E-state index is 14.4. The van der Waals surface area contributed by atoms with Gasteiger partial charge in [0.05, 0.1) is 32.5 Å². The average Bonchev–Trinajstić information content (AvgIpc) is 3.78. The van der Waals surface area contributed by atoms with E-state index in [4.69, 9.17) is 9.47 Å². The van der Waals surface area contributed by atoms with Gasteiger partial charge in [0, 0.05) is 33.7 Å². The Bertz CT molecular complexity index is 1890. The summed E-state index contributed by atoms with van der Waals surface area (Å²) in [5, 5.41) is 29.1. The first-order valence-corrected chi connectivity index (χ1v) is 19.5. The number of anilines is 1. The van der Waals surface area contributed by atoms with Gasteiger partial charge in [0.15, 0.2) is 5.78 Å². The molecule has 1 heterocycles. The molecule has 7 rings (SSSR count). The molecule has 0 radical (unpaired) electrons. The standard InChI is InChI=1S/C44H52N2O6S/c1-30-7-5-23-43(2)40(38-20-10-31(27-34(47)15-9-30)28-39(38)41(48)32-11-16-35(51-3)17-12-32)21-24-44(43,50)29-46(25-22-37-8-6-26-53-37)42(49)45-33-13-18-36(52-4)19-14-33/h6-8,10-14,16-20,26,28,34,40,47,50H,5,9,15,21-25,27,29H2,1-4H3,(H,45,49)/t34-,40-,43-,44+/m0/s1. The predicted octanol–water partition coefficient (Wildman–Crippen LogP) is 8.81. The number of urea groups is 1. The van der Waals surface area contributed by atoms with Crippen molar-refractivity contribution >= 4 is 28.8 Å². The number of aliphatic hydroxyl groups excluding tert-OH is 1. The van der Waals surface area contributed by atoms with Gasteiger partial charge in [-0.1, -0.05) is 36.8 Å². The van der Waals surface area contributed by atoms with Crippen molar-refractivity contribution in [2.24, 2.45) is 5.41 Å². The summed E-state index contributed by atoms with van der Waals surface area (Å²) < 4.78 is 10.7. The van der Waals surface area contributed by atoms with Gasteiger partial charge in [-0.15, -0.1) is 11.3 Å². The van der Waals surface area contributed by atoms with Crippen LogP contribution in [0, 0.1) is 5.41 Å². The largest absolute Gasteiger partial charge is 0.497 e. The van der Waals surface area contributed by atoms with Gasteiger partial charge in [-0.25, -0.2) is 4.79 Å². The summed E-state index contributed by atoms with van der Waals surface area (Å²) >= 11 is 1.66. The molecule has 53 heavy (non-hydrogen) atoms. The molecular weight excluding hydrogens is 685 g/mol. The lowest BCUT2D eigenvalue weighted by Crippen LogP contribution is -2.54. The number of carbonyl (C=O) groups excluding carboxylic acids is 2. The monoisotopic (exact) mass is 736 g/mol. The minimum absolute atomic E-state index is 0.101. The van der Waals surface area contributed by atoms with Crippen LogP contribution in [0.2, 0.25) is 0 Å². The second-order valence-corrected chi connectivity index (χ2v) is 15.9. The minimum atomic E-state index is -1.25. The smallest absolute Gasteiger partial charge is 0.321 e. The van der Waals surface area contributed by atoms with E-state index in [1.165, 1.54) is 10.5 Å². The fraction of sp³-hybridized carbons (Fsp3) is 0.409. The van der Waals surface area contributed by atoms with Gasteiger partial charge in [-0.3, -0.25) is 4.79 Å². The molecule has 3 N–H and O–H groups in total. The number of thiophene rings is 1. The van der Waals surface area contributed by atoms with Gasteiger partial charge in [0.25, 0.3) is 0 Å². The second kappa shape index (κ2) is 16.7. The number of nitrogens with zero attached hydrogens (tertiary/aromatic N) is 1. The molecule has 280 valence electrons. The summed E-state index contributed by atoms with van der Waals surface area (Å²) in [7, 11) is 3.21. The van der Waals surface area contributed by atoms with Crippen LogP contribution < -0.4 is 14.8 Å². The minimum Gasteiger partial charge on any atom is -0.497 e. The van der Waals surface area contributed by atoms with E-state index < -0.39 is 17.1 Å². The van der Waals surface area contributed by atoms with Gasteiger partial charge in [0.1, 0.15) is 11.5 Å². The molecule has 0 spiro atoms. The van der Waals surface area contributed by atoms with Gasteiger partial charge >= 0.3 is 6.03 Å². The Morgan fingerprint density at radius 1 is 0.962 bits per heavy atom. The second-order valence-electron chi connectivity index (χ2n) is 14.9. The number of rotatable bonds is 10. The fourth-order valence-corrected chi connectivity index (χ4v) is 8.94. The molecule has 4 aromatic rings. The van der Waals surface area contributed by atoms with E-state index in [1.807, 2.05) is 53.9 Å². The van der Waals surface area contributed by atoms with E-state index in [0.29, 0.717) is 73.4 Å². The number of ether oxygens (including phenoxy) is 2. The highest BCUT2D eigenvalue weighted by molar-refractivity contribution is 7.09. The quantitative estimate of drug-likeness (QED) is 0.111. The predicted molar refractivity (Wildman–Crippen MR) is 211 cm³/mol. The first-order valence-electron chi connectivity index (χ1n) is 18.6. The summed E-state index contributed by atoms with van der Waals surface area (Å²) in [5.41, 5.74) is 2.86. The van der Waals surface area contributed by atoms with Crippen molar-refractivity contribution in [1.82, 2.24) is 4.90 Å². The Morgan fingerprint density at radius 3 is 2.36 bits per heavy atom. The first-order chi connectivity index (χ1) is 25.5. The van der Waals surface area contributed by atoms with Crippen LogP contribution in [0.5, 0.6) is 11.5 Å². The number of fused-ring (bicyclic) bond motifs is 8. The van der Waals surface area contributed by atoms with Crippen molar-refractivity contribution in [3.8, 4) is 11.5 Å². The number of hydrogen-bond donors (Lipinski definition) is 3. The van der Waals surface area contributed by atoms with Crippen LogP contribution in [0.3, 0.4) is 0 Å². The number of methoxy groups -OCH3 is 2. The van der Waals surface area contributed by atoms with E-state index in [-0.39, 0.29) is 24.3 Å². The van der Waals surface area contributed by atoms with Crippen LogP contribution in [0.25, 0.3) is 0 Å². The number of allylic oxidation sites excluding steroid dienone is 2. The van der Waals surface area contributed by atoms with E-state index in [0.717, 1.165) is 24.0 Å². The Balaban J connectivity index is 1.38. The number of benzene rings is 3. The van der Waals surface area contributed by atoms with E-state index in [9.17, 15) is 19.8 Å². The normalized spacial score (nSPS) is 23.0. The number of ketones is 1. The van der Waals surface area contributed by atoms with Gasteiger partial charge in [-0.2, -0.15) is 0 Å². The van der Waals surface area contributed by atoms with E-state index in [1.54, 1.807) is 54.7 Å². The molecule has 3 aromatic carbocycles. The third kappa shape index (κ3) is 8.69. The lowest BCUT2D eigenvalue weighted by atomic mass is 9.64. The molecule has 2 amide bonds. The number of hydrogen-bond acceptors (Lipinski definition) is 7. The molecule has 2 bridgehead atoms. The third-order valence-corrected chi connectivity index (χ3v) is 12.5. The van der Waals surface area contributed by atoms with Crippen molar-refractivity contribution in [3.63, 3.8) is 0 Å². The van der Waals surface area contributed by atoms with Crippen molar-refractivity contribution in [1.29, 1.82) is 0 Å². The summed E-state index contributed by atoms with van der Waals surface area (Å²) in [4.78, 5) is 31.4. The molecular formula is C44H52N2O6S. The lowest BCUT2D eigenvalue weighted by molar-refractivity contribution is -0.0762. The van der Waals surface area contributed by atoms with Crippen LogP contribution in [0.4, 0.5) is 10.5 Å². The number of nitrogens with one attached hydrogen (secondary N) is 1. The molecule has 1 aromatic heterocycles. The fourth-order valence-electron chi connectivity index (χ4n) is 8.24. The molecule has 3 aliphatic carbocycles. The summed E-state index contributed by atoms with van der Waals surface area (Å²) in [6, 6.07) is 24.2. The molecule has 9 heteroatoms. The number of carbonyl (C=O) groups is 2. The third-order valence-electron chi connectivity index (χ3n) is 11.6. The van der Waals surface area contributed by atoms with Crippen LogP contribution in [0.1, 0.15) is 90.2 Å². The summed E-state index contributed by atoms with van der Waals surface area (Å²) in [6.45, 7) is 4.83. The molecule has 1 fully saturated rings. The molecule has 1 saturated carbocycles. The molecule has 8 nitrogen and oxygen atoms in total. The van der Waals surface area contributed by atoms with Gasteiger partial charge in [0.2, 0.25) is 0 Å². The Hall–Kier alpha value is -4.44. The van der Waals surface area contributed by atoms with Crippen molar-refractivity contribution in [2.45, 2.75) is 82.8 Å². The SMILES string of the molecule is COc1ccc(NC(=O)N(CCc2cccs2)C[C@]2(O)CC[C@H]3c4ccc(cc4C(=O)c4ccc(OC)cc4)C[C@@H](O)CCC(C)=CCC[C@@]32C)cc1. The summed E-state index contributed by atoms with van der Waals surface area (Å²) in [6.07, 6.45) is 6.72. The van der Waals surface area contributed by atoms with E-state index in [2.05, 4.69) is 31.3 Å². The maximum absolute atomic E-state index is 14.4. The van der Waals surface area contributed by atoms with Crippen molar-refractivity contribution in [2.75, 3.05) is 32.6 Å². The number of aliphatic hydroxyl groups is 2. The van der Waals surface area contributed by atoms with Crippen molar-refractivity contribution in [3.05, 3.63) is 123 Å². The molecule has 0 saturated heterocycles. The van der Waals surface area contributed by atoms with Crippen LogP contribution in [-0.4, -0.2) is 65.9 Å². The Labute approximate surface area is 317 Å². The van der Waals surface area contributed by atoms with Gasteiger partial charge < -0.3 is 29.9 Å². The van der Waals surface area contributed by atoms with Crippen LogP contribution in [0.15, 0.2) is 95.9 Å². The average molecular weight is 737 g/mol. The maximum Gasteiger partial charge on any atom is 0.321 e. The number of amides is 2. The Kier molecular flexibility index (Phi) is 12.1. The lowest BCUT2D eigenvalue weighted by Gasteiger charge is -2.46. The first kappa shape index (κ1) is 38.3. The zero-order chi connectivity index (χ0) is 37.6. The molecule has 3 aliphatic rings. The zero-order valence-electron chi connectivity index (χ0n) is 31.3. The van der Waals surface area contributed by atoms with Gasteiger partial charge in [-0.05, 0) is 141 Å². The highest BCUT2D eigenvalue weighted by atomic mass is 32.1. The van der Waals surface area contributed by atoms with Crippen LogP contribution >= 0.6 is 11.3 Å².